The van der Waals surface area contributed by atoms with Crippen molar-refractivity contribution in [3.8, 4) is 0 Å². The number of unbranched alkanes of at least 4 members (excludes halogenated alkanes) is 1. The average Bonchev–Trinajstić information content (AvgIpc) is 2.03. The minimum Gasteiger partial charge on any atom is -0.326 e. The summed E-state index contributed by atoms with van der Waals surface area (Å²) < 4.78 is 14.4. The van der Waals surface area contributed by atoms with Crippen LogP contribution in [0.5, 0.6) is 0 Å². The van der Waals surface area contributed by atoms with Gasteiger partial charge in [-0.1, -0.05) is 40.5 Å². The van der Waals surface area contributed by atoms with Gasteiger partial charge in [-0.15, -0.1) is 0 Å². The highest BCUT2D eigenvalue weighted by Crippen LogP contribution is 2.18. The molecule has 0 aliphatic carbocycles. The molecule has 4 nitrogen and oxygen atoms in total. The van der Waals surface area contributed by atoms with E-state index in [1.54, 1.807) is 0 Å². The first-order chi connectivity index (χ1) is 5.95. The highest BCUT2D eigenvalue weighted by Gasteiger charge is 2.08. The third-order valence-electron chi connectivity index (χ3n) is 1.39. The summed E-state index contributed by atoms with van der Waals surface area (Å²) in [5.74, 6) is 0.0751. The van der Waals surface area contributed by atoms with Crippen LogP contribution in [0, 0.1) is 5.92 Å². The number of hydrogen-bond donors (Lipinski definition) is 2. The van der Waals surface area contributed by atoms with Gasteiger partial charge in [0, 0.05) is 0 Å². The molecule has 0 aromatic carbocycles. The van der Waals surface area contributed by atoms with Gasteiger partial charge in [-0.05, 0) is 5.92 Å². The van der Waals surface area contributed by atoms with Crippen molar-refractivity contribution >= 4 is 8.25 Å². The topological polar surface area (TPSA) is 72.5 Å². The van der Waals surface area contributed by atoms with Gasteiger partial charge in [-0.25, -0.2) is 0 Å². The van der Waals surface area contributed by atoms with Gasteiger partial charge in [0.1, 0.15) is 6.23 Å². The fourth-order valence-corrected chi connectivity index (χ4v) is 0.757. The van der Waals surface area contributed by atoms with Crippen molar-refractivity contribution in [2.45, 2.75) is 46.8 Å². The van der Waals surface area contributed by atoms with Gasteiger partial charge in [0.25, 0.3) is 0 Å². The van der Waals surface area contributed by atoms with E-state index in [4.69, 9.17) is 10.6 Å². The molecule has 0 amide bonds. The van der Waals surface area contributed by atoms with E-state index in [2.05, 4.69) is 18.4 Å². The Balaban J connectivity index is 0. The molecule has 0 radical (unpaired) electrons. The van der Waals surface area contributed by atoms with Crippen molar-refractivity contribution in [1.29, 1.82) is 0 Å². The predicted octanol–water partition coefficient (Wildman–Crippen LogP) is 2.13. The molecule has 82 valence electrons. The zero-order chi connectivity index (χ0) is 10.9. The zero-order valence-electron chi connectivity index (χ0n) is 8.91. The monoisotopic (exact) mass is 211 g/mol. The minimum atomic E-state index is -2.85. The highest BCUT2D eigenvalue weighted by molar-refractivity contribution is 7.32. The summed E-state index contributed by atoms with van der Waals surface area (Å²) in [7, 11) is -2.85. The van der Waals surface area contributed by atoms with Crippen LogP contribution in [0.3, 0.4) is 0 Å². The first-order valence-electron chi connectivity index (χ1n) is 4.60. The summed E-state index contributed by atoms with van der Waals surface area (Å²) >= 11 is 0. The number of nitrogens with two attached hydrogens (primary N) is 1. The van der Waals surface area contributed by atoms with E-state index in [0.717, 1.165) is 0 Å². The molecular formula is C8H22NO3P. The molecule has 0 heterocycles. The standard InChI is InChI=1S/C4H12NO3P.C4H10/c1-3(2)4(5)8-9(6)7;1-3-4-2/h3-4,9H,5H2,1-2H3,(H,6,7);3-4H2,1-2H3. The van der Waals surface area contributed by atoms with Crippen LogP contribution < -0.4 is 5.73 Å². The maximum Gasteiger partial charge on any atom is 0.318 e. The van der Waals surface area contributed by atoms with Crippen LogP contribution in [0.25, 0.3) is 0 Å². The van der Waals surface area contributed by atoms with Crippen LogP contribution in [0.15, 0.2) is 0 Å². The van der Waals surface area contributed by atoms with Crippen LogP contribution in [-0.2, 0) is 9.09 Å². The van der Waals surface area contributed by atoms with Gasteiger partial charge in [0.15, 0.2) is 0 Å². The van der Waals surface area contributed by atoms with Gasteiger partial charge in [0.2, 0.25) is 0 Å². The van der Waals surface area contributed by atoms with E-state index in [9.17, 15) is 4.57 Å². The van der Waals surface area contributed by atoms with Crippen LogP contribution in [0.2, 0.25) is 0 Å². The lowest BCUT2D eigenvalue weighted by Gasteiger charge is -2.12. The summed E-state index contributed by atoms with van der Waals surface area (Å²) in [6, 6.07) is 0. The normalized spacial score (nSPS) is 14.7. The molecule has 0 fully saturated rings. The van der Waals surface area contributed by atoms with Gasteiger partial charge in [-0.2, -0.15) is 0 Å². The third kappa shape index (κ3) is 14.9. The van der Waals surface area contributed by atoms with Crippen molar-refractivity contribution in [3.05, 3.63) is 0 Å². The maximum absolute atomic E-state index is 10.00. The Kier molecular flexibility index (Phi) is 12.2. The minimum absolute atomic E-state index is 0.0751. The zero-order valence-corrected chi connectivity index (χ0v) is 9.91. The fraction of sp³-hybridized carbons (Fsp3) is 1.00. The van der Waals surface area contributed by atoms with E-state index in [0.29, 0.717) is 0 Å². The Hall–Kier alpha value is 0.110. The second kappa shape index (κ2) is 10.2. The Morgan fingerprint density at radius 2 is 1.77 bits per heavy atom. The second-order valence-electron chi connectivity index (χ2n) is 3.09. The Morgan fingerprint density at radius 3 is 1.85 bits per heavy atom. The lowest BCUT2D eigenvalue weighted by molar-refractivity contribution is 0.149. The van der Waals surface area contributed by atoms with Gasteiger partial charge in [-0.3, -0.25) is 9.09 Å². The van der Waals surface area contributed by atoms with Crippen LogP contribution in [-0.4, -0.2) is 11.1 Å². The quantitative estimate of drug-likeness (QED) is 0.552. The average molecular weight is 211 g/mol. The molecule has 0 aliphatic rings. The molecule has 0 rings (SSSR count). The lowest BCUT2D eigenvalue weighted by atomic mass is 10.2. The smallest absolute Gasteiger partial charge is 0.318 e. The Morgan fingerprint density at radius 1 is 1.38 bits per heavy atom. The molecule has 0 aromatic rings. The Bertz CT molecular complexity index is 129. The second-order valence-corrected chi connectivity index (χ2v) is 3.86. The first kappa shape index (κ1) is 15.6. The Labute approximate surface area is 81.4 Å². The molecule has 0 saturated carbocycles. The molecule has 0 spiro atoms. The van der Waals surface area contributed by atoms with E-state index < -0.39 is 14.5 Å². The molecular weight excluding hydrogens is 189 g/mol. The summed E-state index contributed by atoms with van der Waals surface area (Å²) in [6.45, 7) is 7.99. The summed E-state index contributed by atoms with van der Waals surface area (Å²) in [5.41, 5.74) is 5.26. The van der Waals surface area contributed by atoms with Gasteiger partial charge in [0.05, 0.1) is 0 Å². The molecule has 0 saturated heterocycles. The predicted molar refractivity (Wildman–Crippen MR) is 55.7 cm³/mol. The molecule has 3 N–H and O–H groups in total. The molecule has 13 heavy (non-hydrogen) atoms. The van der Waals surface area contributed by atoms with Crippen molar-refractivity contribution < 1.29 is 14.0 Å². The highest BCUT2D eigenvalue weighted by atomic mass is 31.1. The molecule has 2 unspecified atom stereocenters. The van der Waals surface area contributed by atoms with E-state index in [1.807, 2.05) is 13.8 Å². The van der Waals surface area contributed by atoms with Crippen LogP contribution in [0.1, 0.15) is 40.5 Å². The third-order valence-corrected chi connectivity index (χ3v) is 1.87. The van der Waals surface area contributed by atoms with Crippen molar-refractivity contribution in [1.82, 2.24) is 0 Å². The first-order valence-corrected chi connectivity index (χ1v) is 5.87. The molecule has 5 heteroatoms. The maximum atomic E-state index is 10.00. The van der Waals surface area contributed by atoms with Crippen molar-refractivity contribution in [3.63, 3.8) is 0 Å². The van der Waals surface area contributed by atoms with Crippen LogP contribution in [0.4, 0.5) is 0 Å². The molecule has 0 aromatic heterocycles. The van der Waals surface area contributed by atoms with Gasteiger partial charge >= 0.3 is 8.25 Å². The van der Waals surface area contributed by atoms with E-state index >= 15 is 0 Å². The van der Waals surface area contributed by atoms with Crippen molar-refractivity contribution in [2.24, 2.45) is 11.7 Å². The summed E-state index contributed by atoms with van der Waals surface area (Å²) in [5, 5.41) is 0. The lowest BCUT2D eigenvalue weighted by Crippen LogP contribution is -2.26. The number of hydrogen-bond acceptors (Lipinski definition) is 3. The molecule has 0 aliphatic heterocycles. The molecule has 0 bridgehead atoms. The largest absolute Gasteiger partial charge is 0.326 e. The van der Waals surface area contributed by atoms with E-state index in [1.165, 1.54) is 12.8 Å². The summed E-state index contributed by atoms with van der Waals surface area (Å²) in [4.78, 5) is 8.22. The SMILES string of the molecule is CC(C)C(N)O[PH](=O)O.CCCC. The van der Waals surface area contributed by atoms with Gasteiger partial charge < -0.3 is 10.6 Å². The van der Waals surface area contributed by atoms with Crippen molar-refractivity contribution in [2.75, 3.05) is 0 Å². The fourth-order valence-electron chi connectivity index (χ4n) is 0.252. The van der Waals surface area contributed by atoms with E-state index in [-0.39, 0.29) is 5.92 Å². The number of rotatable bonds is 4. The van der Waals surface area contributed by atoms with Crippen LogP contribution >= 0.6 is 8.25 Å². The molecule has 2 atom stereocenters. The summed E-state index contributed by atoms with van der Waals surface area (Å²) in [6.07, 6.45) is 2.02.